The molecule has 1 fully saturated rings. The summed E-state index contributed by atoms with van der Waals surface area (Å²) in [5.41, 5.74) is 1.71. The minimum atomic E-state index is -4.35. The molecule has 0 spiro atoms. The molecule has 1 saturated heterocycles. The summed E-state index contributed by atoms with van der Waals surface area (Å²) in [6.45, 7) is 5.16. The van der Waals surface area contributed by atoms with Gasteiger partial charge in [0, 0.05) is 17.7 Å². The van der Waals surface area contributed by atoms with Gasteiger partial charge in [0.15, 0.2) is 6.29 Å². The van der Waals surface area contributed by atoms with Crippen LogP contribution in [0.3, 0.4) is 0 Å². The third-order valence-corrected chi connectivity index (χ3v) is 6.55. The highest BCUT2D eigenvalue weighted by molar-refractivity contribution is 5.84. The monoisotopic (exact) mass is 486 g/mol. The fraction of sp³-hybridized carbons (Fsp3) is 0.379. The van der Waals surface area contributed by atoms with Crippen molar-refractivity contribution >= 4 is 10.8 Å². The minimum absolute atomic E-state index is 0.213. The van der Waals surface area contributed by atoms with Gasteiger partial charge in [0.05, 0.1) is 18.8 Å². The molecule has 0 N–H and O–H groups in total. The molecule has 1 aliphatic heterocycles. The Hall–Kier alpha value is -2.70. The largest absolute Gasteiger partial charge is 0.416 e. The van der Waals surface area contributed by atoms with Crippen LogP contribution < -0.4 is 0 Å². The number of halogens is 4. The Morgan fingerprint density at radius 2 is 1.57 bits per heavy atom. The number of hydrogen-bond acceptors (Lipinski definition) is 2. The van der Waals surface area contributed by atoms with Crippen molar-refractivity contribution in [2.24, 2.45) is 5.92 Å². The van der Waals surface area contributed by atoms with E-state index >= 15 is 4.39 Å². The van der Waals surface area contributed by atoms with Crippen LogP contribution >= 0.6 is 0 Å². The van der Waals surface area contributed by atoms with Crippen LogP contribution in [0, 0.1) is 11.7 Å². The highest BCUT2D eigenvalue weighted by atomic mass is 19.4. The van der Waals surface area contributed by atoms with Gasteiger partial charge >= 0.3 is 6.18 Å². The molecule has 1 heterocycles. The minimum Gasteiger partial charge on any atom is -0.352 e. The number of rotatable bonds is 9. The number of aryl methyl sites for hydroxylation is 3. The van der Waals surface area contributed by atoms with Crippen LogP contribution in [-0.2, 0) is 34.9 Å². The molecule has 35 heavy (non-hydrogen) atoms. The number of alkyl halides is 3. The van der Waals surface area contributed by atoms with Gasteiger partial charge in [-0.15, -0.1) is 6.58 Å². The maximum atomic E-state index is 15.1. The third kappa shape index (κ3) is 6.71. The van der Waals surface area contributed by atoms with E-state index < -0.39 is 11.7 Å². The van der Waals surface area contributed by atoms with Gasteiger partial charge in [0.2, 0.25) is 0 Å². The van der Waals surface area contributed by atoms with Crippen molar-refractivity contribution in [2.45, 2.75) is 51.0 Å². The van der Waals surface area contributed by atoms with Crippen LogP contribution in [-0.4, -0.2) is 19.5 Å². The summed E-state index contributed by atoms with van der Waals surface area (Å²) in [6.07, 6.45) is 1.74. The van der Waals surface area contributed by atoms with Crippen molar-refractivity contribution in [1.82, 2.24) is 0 Å². The molecule has 0 aliphatic carbocycles. The van der Waals surface area contributed by atoms with Crippen molar-refractivity contribution in [1.29, 1.82) is 0 Å². The molecule has 0 atom stereocenters. The molecule has 4 rings (SSSR count). The molecule has 0 saturated carbocycles. The number of hydrogen-bond donors (Lipinski definition) is 0. The van der Waals surface area contributed by atoms with Crippen LogP contribution in [0.5, 0.6) is 0 Å². The zero-order chi connectivity index (χ0) is 24.8. The molecule has 0 bridgehead atoms. The number of ether oxygens (including phenoxy) is 2. The first kappa shape index (κ1) is 25.4. The first-order chi connectivity index (χ1) is 16.8. The Bertz CT molecular complexity index is 1130. The molecule has 0 radical (unpaired) electrons. The predicted molar refractivity (Wildman–Crippen MR) is 130 cm³/mol. The second-order valence-corrected chi connectivity index (χ2v) is 9.16. The lowest BCUT2D eigenvalue weighted by Crippen LogP contribution is -2.32. The summed E-state index contributed by atoms with van der Waals surface area (Å²) >= 11 is 0. The molecule has 2 nitrogen and oxygen atoms in total. The predicted octanol–water partition coefficient (Wildman–Crippen LogP) is 7.67. The summed E-state index contributed by atoms with van der Waals surface area (Å²) in [7, 11) is 0. The second kappa shape index (κ2) is 11.4. The summed E-state index contributed by atoms with van der Waals surface area (Å²) < 4.78 is 65.0. The number of benzene rings is 3. The van der Waals surface area contributed by atoms with Crippen molar-refractivity contribution in [3.63, 3.8) is 0 Å². The van der Waals surface area contributed by atoms with Crippen LogP contribution in [0.15, 0.2) is 67.3 Å². The maximum Gasteiger partial charge on any atom is 0.416 e. The smallest absolute Gasteiger partial charge is 0.352 e. The van der Waals surface area contributed by atoms with Gasteiger partial charge in [-0.2, -0.15) is 13.2 Å². The molecular weight excluding hydrogens is 456 g/mol. The van der Waals surface area contributed by atoms with Crippen molar-refractivity contribution in [2.75, 3.05) is 13.2 Å². The van der Waals surface area contributed by atoms with Crippen molar-refractivity contribution in [3.8, 4) is 0 Å². The Morgan fingerprint density at radius 3 is 2.26 bits per heavy atom. The van der Waals surface area contributed by atoms with E-state index in [1.807, 2.05) is 24.3 Å². The third-order valence-electron chi connectivity index (χ3n) is 6.55. The number of allylic oxidation sites excluding steroid dienone is 1. The Kier molecular flexibility index (Phi) is 8.24. The van der Waals surface area contributed by atoms with Gasteiger partial charge in [0.1, 0.15) is 5.82 Å². The fourth-order valence-corrected chi connectivity index (χ4v) is 4.43. The summed E-state index contributed by atoms with van der Waals surface area (Å²) in [4.78, 5) is 0. The molecule has 3 aromatic rings. The average molecular weight is 487 g/mol. The van der Waals surface area contributed by atoms with Gasteiger partial charge < -0.3 is 9.47 Å². The molecule has 0 unspecified atom stereocenters. The molecule has 186 valence electrons. The summed E-state index contributed by atoms with van der Waals surface area (Å²) in [6, 6.07) is 14.4. The van der Waals surface area contributed by atoms with Crippen molar-refractivity contribution < 1.29 is 27.0 Å². The molecule has 3 aromatic carbocycles. The van der Waals surface area contributed by atoms with E-state index in [1.54, 1.807) is 12.1 Å². The van der Waals surface area contributed by atoms with E-state index in [1.165, 1.54) is 12.1 Å². The van der Waals surface area contributed by atoms with Gasteiger partial charge in [-0.3, -0.25) is 0 Å². The Morgan fingerprint density at radius 1 is 0.857 bits per heavy atom. The van der Waals surface area contributed by atoms with Crippen LogP contribution in [0.1, 0.15) is 41.5 Å². The molecule has 0 amide bonds. The molecule has 1 aliphatic rings. The van der Waals surface area contributed by atoms with Crippen LogP contribution in [0.4, 0.5) is 17.6 Å². The van der Waals surface area contributed by atoms with E-state index in [4.69, 9.17) is 9.47 Å². The zero-order valence-electron chi connectivity index (χ0n) is 19.6. The quantitative estimate of drug-likeness (QED) is 0.228. The van der Waals surface area contributed by atoms with E-state index in [-0.39, 0.29) is 12.1 Å². The number of fused-ring (bicyclic) bond motifs is 1. The lowest BCUT2D eigenvalue weighted by molar-refractivity contribution is -0.203. The normalized spacial score (nSPS) is 18.6. The SMILES string of the molecule is C=CCCC1COC(CCc2ccc3c(F)c(CCc4ccc(C(F)(F)F)cc4)ccc3c2)OC1. The summed E-state index contributed by atoms with van der Waals surface area (Å²) in [5, 5.41) is 1.38. The fourth-order valence-electron chi connectivity index (χ4n) is 4.43. The topological polar surface area (TPSA) is 18.5 Å². The first-order valence-electron chi connectivity index (χ1n) is 12.0. The van der Waals surface area contributed by atoms with Gasteiger partial charge in [-0.05, 0) is 66.3 Å². The first-order valence-corrected chi connectivity index (χ1v) is 12.0. The molecule has 0 aromatic heterocycles. The van der Waals surface area contributed by atoms with Gasteiger partial charge in [0.25, 0.3) is 0 Å². The lowest BCUT2D eigenvalue weighted by Gasteiger charge is -2.29. The standard InChI is InChI=1S/C29H30F4O2/c1-2-3-4-22-18-34-27(35-19-22)16-9-21-8-15-26-24(17-21)12-11-23(28(26)30)10-5-20-6-13-25(14-7-20)29(31,32)33/h2,6-8,11-15,17,22,27H,1,3-5,9-10,16,18-19H2. The van der Waals surface area contributed by atoms with E-state index in [9.17, 15) is 13.2 Å². The van der Waals surface area contributed by atoms with Gasteiger partial charge in [-0.25, -0.2) is 4.39 Å². The van der Waals surface area contributed by atoms with Gasteiger partial charge in [-0.1, -0.05) is 48.5 Å². The van der Waals surface area contributed by atoms with E-state index in [2.05, 4.69) is 6.58 Å². The highest BCUT2D eigenvalue weighted by Crippen LogP contribution is 2.30. The van der Waals surface area contributed by atoms with Crippen molar-refractivity contribution in [3.05, 3.63) is 95.3 Å². The Balaban J connectivity index is 1.33. The van der Waals surface area contributed by atoms with Crippen LogP contribution in [0.25, 0.3) is 10.8 Å². The lowest BCUT2D eigenvalue weighted by atomic mass is 9.97. The molecule has 6 heteroatoms. The summed E-state index contributed by atoms with van der Waals surface area (Å²) in [5.74, 6) is 0.145. The highest BCUT2D eigenvalue weighted by Gasteiger charge is 2.29. The molecular formula is C29H30F4O2. The maximum absolute atomic E-state index is 15.1. The zero-order valence-corrected chi connectivity index (χ0v) is 19.6. The average Bonchev–Trinajstić information content (AvgIpc) is 2.86. The van der Waals surface area contributed by atoms with Crippen LogP contribution in [0.2, 0.25) is 0 Å². The second-order valence-electron chi connectivity index (χ2n) is 9.16. The van der Waals surface area contributed by atoms with E-state index in [0.717, 1.165) is 54.3 Å². The Labute approximate surface area is 203 Å². The van der Waals surface area contributed by atoms with E-state index in [0.29, 0.717) is 42.9 Å².